The van der Waals surface area contributed by atoms with Gasteiger partial charge in [-0.2, -0.15) is 0 Å². The van der Waals surface area contributed by atoms with Gasteiger partial charge < -0.3 is 21.9 Å². The Morgan fingerprint density at radius 1 is 1.33 bits per heavy atom. The van der Waals surface area contributed by atoms with Crippen molar-refractivity contribution in [1.29, 1.82) is 0 Å². The number of hydrogen-bond acceptors (Lipinski definition) is 4. The van der Waals surface area contributed by atoms with Gasteiger partial charge in [-0.15, -0.1) is 0 Å². The van der Waals surface area contributed by atoms with Gasteiger partial charge in [0.2, 0.25) is 5.91 Å². The highest BCUT2D eigenvalue weighted by atomic mass is 16.4. The van der Waals surface area contributed by atoms with Gasteiger partial charge >= 0.3 is 5.97 Å². The maximum atomic E-state index is 11.3. The number of nitrogens with two attached hydrogens (primary N) is 2. The zero-order chi connectivity index (χ0) is 11.7. The van der Waals surface area contributed by atoms with Gasteiger partial charge in [-0.3, -0.25) is 9.59 Å². The fourth-order valence-corrected chi connectivity index (χ4v) is 1.02. The highest BCUT2D eigenvalue weighted by Gasteiger charge is 2.13. The van der Waals surface area contributed by atoms with Crippen LogP contribution in [0, 0.1) is 0 Å². The van der Waals surface area contributed by atoms with Crippen molar-refractivity contribution in [3.05, 3.63) is 0 Å². The Labute approximate surface area is 89.0 Å². The summed E-state index contributed by atoms with van der Waals surface area (Å²) in [6.07, 6.45) is 1.74. The van der Waals surface area contributed by atoms with Crippen LogP contribution in [0.5, 0.6) is 0 Å². The highest BCUT2D eigenvalue weighted by Crippen LogP contribution is 1.94. The van der Waals surface area contributed by atoms with Gasteiger partial charge in [-0.1, -0.05) is 0 Å². The molecule has 0 spiro atoms. The number of carboxylic acid groups (broad SMARTS) is 1. The second-order valence-electron chi connectivity index (χ2n) is 3.33. The predicted molar refractivity (Wildman–Crippen MR) is 56.1 cm³/mol. The SMILES string of the molecule is NCCCCNC(=O)C(N)CCC(=O)O. The van der Waals surface area contributed by atoms with E-state index in [0.717, 1.165) is 12.8 Å². The lowest BCUT2D eigenvalue weighted by atomic mass is 10.1. The Hall–Kier alpha value is -1.14. The van der Waals surface area contributed by atoms with E-state index in [2.05, 4.69) is 5.32 Å². The lowest BCUT2D eigenvalue weighted by molar-refractivity contribution is -0.137. The maximum Gasteiger partial charge on any atom is 0.303 e. The van der Waals surface area contributed by atoms with Crippen molar-refractivity contribution in [2.45, 2.75) is 31.7 Å². The molecule has 1 atom stereocenters. The molecule has 6 heteroatoms. The standard InChI is InChI=1S/C9H19N3O3/c10-5-1-2-6-12-9(15)7(11)3-4-8(13)14/h7H,1-6,10-11H2,(H,12,15)(H,13,14). The van der Waals surface area contributed by atoms with Gasteiger partial charge in [0.1, 0.15) is 0 Å². The fraction of sp³-hybridized carbons (Fsp3) is 0.778. The minimum absolute atomic E-state index is 0.0859. The zero-order valence-electron chi connectivity index (χ0n) is 8.74. The molecule has 0 aromatic heterocycles. The number of rotatable bonds is 8. The Morgan fingerprint density at radius 2 is 2.00 bits per heavy atom. The third-order valence-corrected chi connectivity index (χ3v) is 1.94. The molecule has 0 aromatic carbocycles. The molecule has 0 aromatic rings. The Bertz CT molecular complexity index is 209. The summed E-state index contributed by atoms with van der Waals surface area (Å²) in [5, 5.41) is 11.0. The summed E-state index contributed by atoms with van der Waals surface area (Å²) in [5.74, 6) is -1.24. The average molecular weight is 217 g/mol. The van der Waals surface area contributed by atoms with Crippen LogP contribution in [-0.4, -0.2) is 36.1 Å². The lowest BCUT2D eigenvalue weighted by Crippen LogP contribution is -2.41. The molecule has 1 amide bonds. The first kappa shape index (κ1) is 13.9. The van der Waals surface area contributed by atoms with Crippen molar-refractivity contribution >= 4 is 11.9 Å². The lowest BCUT2D eigenvalue weighted by Gasteiger charge is -2.10. The van der Waals surface area contributed by atoms with E-state index in [4.69, 9.17) is 16.6 Å². The smallest absolute Gasteiger partial charge is 0.303 e. The molecular formula is C9H19N3O3. The van der Waals surface area contributed by atoms with Crippen molar-refractivity contribution in [2.24, 2.45) is 11.5 Å². The first-order chi connectivity index (χ1) is 7.07. The Balaban J connectivity index is 3.55. The van der Waals surface area contributed by atoms with E-state index in [1.165, 1.54) is 0 Å². The minimum Gasteiger partial charge on any atom is -0.481 e. The fourth-order valence-electron chi connectivity index (χ4n) is 1.02. The highest BCUT2D eigenvalue weighted by molar-refractivity contribution is 5.82. The van der Waals surface area contributed by atoms with Crippen LogP contribution < -0.4 is 16.8 Å². The first-order valence-electron chi connectivity index (χ1n) is 5.03. The second-order valence-corrected chi connectivity index (χ2v) is 3.33. The maximum absolute atomic E-state index is 11.3. The molecular weight excluding hydrogens is 198 g/mol. The molecule has 0 heterocycles. The summed E-state index contributed by atoms with van der Waals surface area (Å²) in [7, 11) is 0. The summed E-state index contributed by atoms with van der Waals surface area (Å²) in [4.78, 5) is 21.5. The number of carbonyl (C=O) groups is 2. The van der Waals surface area contributed by atoms with Crippen molar-refractivity contribution in [3.63, 3.8) is 0 Å². The van der Waals surface area contributed by atoms with Crippen molar-refractivity contribution < 1.29 is 14.7 Å². The molecule has 1 unspecified atom stereocenters. The van der Waals surface area contributed by atoms with Gasteiger partial charge in [0.15, 0.2) is 0 Å². The Morgan fingerprint density at radius 3 is 2.53 bits per heavy atom. The molecule has 0 aliphatic rings. The summed E-state index contributed by atoms with van der Waals surface area (Å²) < 4.78 is 0. The molecule has 0 bridgehead atoms. The molecule has 6 N–H and O–H groups in total. The molecule has 15 heavy (non-hydrogen) atoms. The van der Waals surface area contributed by atoms with Crippen LogP contribution in [0.3, 0.4) is 0 Å². The van der Waals surface area contributed by atoms with E-state index >= 15 is 0 Å². The number of carboxylic acids is 1. The third-order valence-electron chi connectivity index (χ3n) is 1.94. The van der Waals surface area contributed by atoms with Crippen LogP contribution >= 0.6 is 0 Å². The van der Waals surface area contributed by atoms with Crippen molar-refractivity contribution in [2.75, 3.05) is 13.1 Å². The van der Waals surface area contributed by atoms with Gasteiger partial charge in [0, 0.05) is 13.0 Å². The number of amides is 1. The van der Waals surface area contributed by atoms with Crippen LogP contribution in [-0.2, 0) is 9.59 Å². The summed E-state index contributed by atoms with van der Waals surface area (Å²) in [6.45, 7) is 1.14. The van der Waals surface area contributed by atoms with E-state index in [9.17, 15) is 9.59 Å². The number of nitrogens with one attached hydrogen (secondary N) is 1. The van der Waals surface area contributed by atoms with Gasteiger partial charge in [-0.05, 0) is 25.8 Å². The molecule has 0 radical (unpaired) electrons. The van der Waals surface area contributed by atoms with Gasteiger partial charge in [0.05, 0.1) is 6.04 Å². The largest absolute Gasteiger partial charge is 0.481 e. The number of aliphatic carboxylic acids is 1. The summed E-state index contributed by atoms with van der Waals surface area (Å²) >= 11 is 0. The number of hydrogen-bond donors (Lipinski definition) is 4. The minimum atomic E-state index is -0.943. The number of unbranched alkanes of at least 4 members (excludes halogenated alkanes) is 1. The molecule has 0 saturated heterocycles. The first-order valence-corrected chi connectivity index (χ1v) is 5.03. The van der Waals surface area contributed by atoms with Gasteiger partial charge in [-0.25, -0.2) is 0 Å². The van der Waals surface area contributed by atoms with Crippen LogP contribution in [0.25, 0.3) is 0 Å². The van der Waals surface area contributed by atoms with Crippen molar-refractivity contribution in [1.82, 2.24) is 5.32 Å². The second kappa shape index (κ2) is 8.19. The number of carbonyl (C=O) groups excluding carboxylic acids is 1. The quantitative estimate of drug-likeness (QED) is 0.390. The van der Waals surface area contributed by atoms with Crippen LogP contribution in [0.2, 0.25) is 0 Å². The van der Waals surface area contributed by atoms with Crippen LogP contribution in [0.4, 0.5) is 0 Å². The topological polar surface area (TPSA) is 118 Å². The summed E-state index contributed by atoms with van der Waals surface area (Å²) in [6, 6.07) is -0.737. The normalized spacial score (nSPS) is 12.1. The van der Waals surface area contributed by atoms with E-state index < -0.39 is 12.0 Å². The van der Waals surface area contributed by atoms with Crippen LogP contribution in [0.1, 0.15) is 25.7 Å². The third kappa shape index (κ3) is 7.90. The van der Waals surface area contributed by atoms with Gasteiger partial charge in [0.25, 0.3) is 0 Å². The molecule has 0 aliphatic heterocycles. The van der Waals surface area contributed by atoms with E-state index in [1.807, 2.05) is 0 Å². The summed E-state index contributed by atoms with van der Waals surface area (Å²) in [5.41, 5.74) is 10.8. The molecule has 0 fully saturated rings. The molecule has 0 rings (SSSR count). The van der Waals surface area contributed by atoms with Crippen LogP contribution in [0.15, 0.2) is 0 Å². The molecule has 0 aliphatic carbocycles. The Kier molecular flexibility index (Phi) is 7.57. The van der Waals surface area contributed by atoms with Crippen molar-refractivity contribution in [3.8, 4) is 0 Å². The van der Waals surface area contributed by atoms with E-state index in [0.29, 0.717) is 13.1 Å². The molecule has 6 nitrogen and oxygen atoms in total. The predicted octanol–water partition coefficient (Wildman–Crippen LogP) is -0.966. The zero-order valence-corrected chi connectivity index (χ0v) is 8.74. The average Bonchev–Trinajstić information content (AvgIpc) is 2.20. The van der Waals surface area contributed by atoms with E-state index in [-0.39, 0.29) is 18.7 Å². The molecule has 0 saturated carbocycles. The molecule has 88 valence electrons. The monoisotopic (exact) mass is 217 g/mol. The van der Waals surface area contributed by atoms with E-state index in [1.54, 1.807) is 0 Å².